The van der Waals surface area contributed by atoms with Crippen LogP contribution in [-0.4, -0.2) is 46.6 Å². The summed E-state index contributed by atoms with van der Waals surface area (Å²) in [4.78, 5) is 21.9. The van der Waals surface area contributed by atoms with E-state index in [-0.39, 0.29) is 12.3 Å². The van der Waals surface area contributed by atoms with Crippen LogP contribution in [-0.2, 0) is 17.6 Å². The van der Waals surface area contributed by atoms with Crippen LogP contribution in [0.4, 0.5) is 0 Å². The molecular formula is C22H21ClN4O3. The number of fused-ring (bicyclic) bond motifs is 1. The molecule has 0 aliphatic rings. The molecule has 0 saturated heterocycles. The third-order valence-electron chi connectivity index (χ3n) is 4.90. The van der Waals surface area contributed by atoms with Gasteiger partial charge >= 0.3 is 0 Å². The molecule has 0 unspecified atom stereocenters. The molecule has 0 bridgehead atoms. The number of hydrogen-bond acceptors (Lipinski definition) is 5. The summed E-state index contributed by atoms with van der Waals surface area (Å²) in [5.74, 6) is 1.55. The van der Waals surface area contributed by atoms with Crippen LogP contribution in [0.2, 0.25) is 5.02 Å². The highest BCUT2D eigenvalue weighted by atomic mass is 35.5. The molecule has 4 rings (SSSR count). The van der Waals surface area contributed by atoms with Crippen molar-refractivity contribution in [1.29, 1.82) is 0 Å². The minimum atomic E-state index is -0.0180. The Balaban J connectivity index is 1.35. The molecule has 2 aromatic heterocycles. The SMILES string of the molecule is COc1ccc(CC(=O)N(C)CCc2noc(-c3cc4ccccc4[nH]3)n2)cc1Cl. The average molecular weight is 425 g/mol. The lowest BCUT2D eigenvalue weighted by Crippen LogP contribution is -2.30. The number of ether oxygens (including phenoxy) is 1. The van der Waals surface area contributed by atoms with Crippen molar-refractivity contribution < 1.29 is 14.1 Å². The quantitative estimate of drug-likeness (QED) is 0.482. The molecule has 7 nitrogen and oxygen atoms in total. The molecule has 0 atom stereocenters. The van der Waals surface area contributed by atoms with Crippen LogP contribution >= 0.6 is 11.6 Å². The summed E-state index contributed by atoms with van der Waals surface area (Å²) in [6.45, 7) is 0.481. The van der Waals surface area contributed by atoms with Gasteiger partial charge < -0.3 is 19.1 Å². The molecule has 0 aliphatic heterocycles. The van der Waals surface area contributed by atoms with E-state index in [9.17, 15) is 4.79 Å². The van der Waals surface area contributed by atoms with Gasteiger partial charge in [0.2, 0.25) is 5.91 Å². The number of likely N-dealkylation sites (N-methyl/N-ethyl adjacent to an activating group) is 1. The summed E-state index contributed by atoms with van der Waals surface area (Å²) in [5.41, 5.74) is 2.62. The third-order valence-corrected chi connectivity index (χ3v) is 5.19. The van der Waals surface area contributed by atoms with E-state index in [1.807, 2.05) is 36.4 Å². The first kappa shape index (κ1) is 20.0. The second-order valence-electron chi connectivity index (χ2n) is 7.00. The van der Waals surface area contributed by atoms with E-state index in [0.29, 0.717) is 35.5 Å². The van der Waals surface area contributed by atoms with E-state index >= 15 is 0 Å². The fraction of sp³-hybridized carbons (Fsp3) is 0.227. The highest BCUT2D eigenvalue weighted by molar-refractivity contribution is 6.32. The molecule has 0 fully saturated rings. The Hall–Kier alpha value is -3.32. The molecule has 0 spiro atoms. The van der Waals surface area contributed by atoms with E-state index in [0.717, 1.165) is 22.2 Å². The van der Waals surface area contributed by atoms with Gasteiger partial charge in [-0.1, -0.05) is 41.0 Å². The number of H-pyrrole nitrogens is 1. The number of carbonyl (C=O) groups is 1. The Labute approximate surface area is 178 Å². The molecule has 0 radical (unpaired) electrons. The molecule has 4 aromatic rings. The van der Waals surface area contributed by atoms with Crippen molar-refractivity contribution >= 4 is 28.4 Å². The van der Waals surface area contributed by atoms with Gasteiger partial charge in [-0.3, -0.25) is 4.79 Å². The summed E-state index contributed by atoms with van der Waals surface area (Å²) >= 11 is 6.13. The normalized spacial score (nSPS) is 11.0. The Morgan fingerprint density at radius 1 is 1.23 bits per heavy atom. The second kappa shape index (κ2) is 8.59. The fourth-order valence-electron chi connectivity index (χ4n) is 3.18. The van der Waals surface area contributed by atoms with Crippen molar-refractivity contribution in [3.63, 3.8) is 0 Å². The Bertz CT molecular complexity index is 1150. The molecule has 154 valence electrons. The van der Waals surface area contributed by atoms with E-state index < -0.39 is 0 Å². The Morgan fingerprint density at radius 2 is 2.07 bits per heavy atom. The number of amides is 1. The molecule has 0 saturated carbocycles. The van der Waals surface area contributed by atoms with Crippen LogP contribution in [0.3, 0.4) is 0 Å². The lowest BCUT2D eigenvalue weighted by Gasteiger charge is -2.16. The van der Waals surface area contributed by atoms with Gasteiger partial charge in [-0.2, -0.15) is 4.98 Å². The van der Waals surface area contributed by atoms with Crippen LogP contribution in [0.5, 0.6) is 5.75 Å². The summed E-state index contributed by atoms with van der Waals surface area (Å²) in [6, 6.07) is 15.3. The molecule has 1 amide bonds. The number of para-hydroxylation sites is 1. The summed E-state index contributed by atoms with van der Waals surface area (Å²) in [6.07, 6.45) is 0.752. The van der Waals surface area contributed by atoms with Gasteiger partial charge in [0.25, 0.3) is 5.89 Å². The topological polar surface area (TPSA) is 84.2 Å². The lowest BCUT2D eigenvalue weighted by molar-refractivity contribution is -0.129. The van der Waals surface area contributed by atoms with Gasteiger partial charge in [-0.25, -0.2) is 0 Å². The minimum Gasteiger partial charge on any atom is -0.495 e. The largest absolute Gasteiger partial charge is 0.495 e. The van der Waals surface area contributed by atoms with Crippen molar-refractivity contribution in [3.8, 4) is 17.3 Å². The number of halogens is 1. The zero-order valence-electron chi connectivity index (χ0n) is 16.7. The average Bonchev–Trinajstić information content (AvgIpc) is 3.38. The maximum absolute atomic E-state index is 12.5. The lowest BCUT2D eigenvalue weighted by atomic mass is 10.1. The molecular weight excluding hydrogens is 404 g/mol. The predicted molar refractivity (Wildman–Crippen MR) is 115 cm³/mol. The van der Waals surface area contributed by atoms with Crippen LogP contribution in [0.25, 0.3) is 22.5 Å². The number of carbonyl (C=O) groups excluding carboxylic acids is 1. The molecule has 8 heteroatoms. The second-order valence-corrected chi connectivity index (χ2v) is 7.40. The number of benzene rings is 2. The van der Waals surface area contributed by atoms with E-state index in [2.05, 4.69) is 15.1 Å². The van der Waals surface area contributed by atoms with Gasteiger partial charge in [0.05, 0.1) is 18.6 Å². The van der Waals surface area contributed by atoms with Gasteiger partial charge in [0, 0.05) is 30.9 Å². The van der Waals surface area contributed by atoms with Crippen LogP contribution in [0.15, 0.2) is 53.1 Å². The third kappa shape index (κ3) is 4.31. The maximum Gasteiger partial charge on any atom is 0.274 e. The van der Waals surface area contributed by atoms with Crippen LogP contribution in [0.1, 0.15) is 11.4 Å². The zero-order chi connectivity index (χ0) is 21.1. The zero-order valence-corrected chi connectivity index (χ0v) is 17.4. The minimum absolute atomic E-state index is 0.0180. The fourth-order valence-corrected chi connectivity index (χ4v) is 3.46. The van der Waals surface area contributed by atoms with E-state index in [4.69, 9.17) is 20.9 Å². The van der Waals surface area contributed by atoms with Crippen LogP contribution in [0, 0.1) is 0 Å². The van der Waals surface area contributed by atoms with Gasteiger partial charge in [-0.15, -0.1) is 0 Å². The van der Waals surface area contributed by atoms with Gasteiger partial charge in [0.15, 0.2) is 5.82 Å². The van der Waals surface area contributed by atoms with Gasteiger partial charge in [-0.05, 0) is 29.8 Å². The number of aromatic amines is 1. The number of aromatic nitrogens is 3. The van der Waals surface area contributed by atoms with Crippen LogP contribution < -0.4 is 4.74 Å². The Morgan fingerprint density at radius 3 is 2.83 bits per heavy atom. The number of nitrogens with one attached hydrogen (secondary N) is 1. The molecule has 1 N–H and O–H groups in total. The van der Waals surface area contributed by atoms with E-state index in [1.54, 1.807) is 31.2 Å². The maximum atomic E-state index is 12.5. The molecule has 0 aliphatic carbocycles. The van der Waals surface area contributed by atoms with Crippen molar-refractivity contribution in [2.24, 2.45) is 0 Å². The van der Waals surface area contributed by atoms with Crippen molar-refractivity contribution in [1.82, 2.24) is 20.0 Å². The predicted octanol–water partition coefficient (Wildman–Crippen LogP) is 4.12. The highest BCUT2D eigenvalue weighted by Gasteiger charge is 2.15. The number of rotatable bonds is 7. The van der Waals surface area contributed by atoms with E-state index in [1.165, 1.54) is 0 Å². The number of nitrogens with zero attached hydrogens (tertiary/aromatic N) is 3. The summed E-state index contributed by atoms with van der Waals surface area (Å²) in [7, 11) is 3.31. The van der Waals surface area contributed by atoms with Crippen molar-refractivity contribution in [2.45, 2.75) is 12.8 Å². The van der Waals surface area contributed by atoms with Gasteiger partial charge in [0.1, 0.15) is 11.4 Å². The monoisotopic (exact) mass is 424 g/mol. The first-order valence-electron chi connectivity index (χ1n) is 9.50. The highest BCUT2D eigenvalue weighted by Crippen LogP contribution is 2.25. The Kier molecular flexibility index (Phi) is 5.72. The number of hydrogen-bond donors (Lipinski definition) is 1. The standard InChI is InChI=1S/C22H21ClN4O3/c1-27(21(28)12-14-7-8-19(29-2)16(23)11-14)10-9-20-25-22(30-26-20)18-13-15-5-3-4-6-17(15)24-18/h3-8,11,13,24H,9-10,12H2,1-2H3. The molecule has 30 heavy (non-hydrogen) atoms. The summed E-state index contributed by atoms with van der Waals surface area (Å²) < 4.78 is 10.5. The first-order valence-corrected chi connectivity index (χ1v) is 9.88. The number of methoxy groups -OCH3 is 1. The van der Waals surface area contributed by atoms with Crippen molar-refractivity contribution in [3.05, 3.63) is 64.9 Å². The van der Waals surface area contributed by atoms with Crippen molar-refractivity contribution in [2.75, 3.05) is 20.7 Å². The first-order chi connectivity index (χ1) is 14.5. The smallest absolute Gasteiger partial charge is 0.274 e. The summed E-state index contributed by atoms with van der Waals surface area (Å²) in [5, 5.41) is 5.60. The molecule has 2 aromatic carbocycles. The molecule has 2 heterocycles.